The van der Waals surface area contributed by atoms with Crippen LogP contribution in [0.2, 0.25) is 0 Å². The van der Waals surface area contributed by atoms with E-state index in [1.165, 1.54) is 4.57 Å². The molecule has 1 atom stereocenters. The molecule has 25 heavy (non-hydrogen) atoms. The Balaban J connectivity index is 1.68. The van der Waals surface area contributed by atoms with E-state index in [0.717, 1.165) is 31.0 Å². The quantitative estimate of drug-likeness (QED) is 0.905. The fourth-order valence-electron chi connectivity index (χ4n) is 2.82. The summed E-state index contributed by atoms with van der Waals surface area (Å²) in [6, 6.07) is 5.07. The van der Waals surface area contributed by atoms with Crippen LogP contribution in [-0.4, -0.2) is 33.7 Å². The van der Waals surface area contributed by atoms with Crippen LogP contribution in [0.5, 0.6) is 0 Å². The molecule has 1 N–H and O–H groups in total. The smallest absolute Gasteiger partial charge is 0.263 e. The van der Waals surface area contributed by atoms with Crippen molar-refractivity contribution >= 4 is 5.91 Å². The number of rotatable bonds is 4. The molecule has 0 aromatic carbocycles. The minimum absolute atomic E-state index is 0.128. The molecule has 0 bridgehead atoms. The number of carbonyl (C=O) groups is 1. The lowest BCUT2D eigenvalue weighted by atomic mass is 10.0. The summed E-state index contributed by atoms with van der Waals surface area (Å²) >= 11 is 0. The zero-order valence-electron chi connectivity index (χ0n) is 14.5. The van der Waals surface area contributed by atoms with E-state index in [-0.39, 0.29) is 23.6 Å². The highest BCUT2D eigenvalue weighted by atomic mass is 16.5. The van der Waals surface area contributed by atoms with Gasteiger partial charge in [-0.2, -0.15) is 0 Å². The van der Waals surface area contributed by atoms with Crippen molar-refractivity contribution in [3.05, 3.63) is 57.5 Å². The van der Waals surface area contributed by atoms with Crippen LogP contribution in [0.1, 0.15) is 46.3 Å². The molecule has 2 aromatic rings. The summed E-state index contributed by atoms with van der Waals surface area (Å²) in [7, 11) is 1.65. The van der Waals surface area contributed by atoms with Crippen molar-refractivity contribution in [1.82, 2.24) is 19.9 Å². The largest absolute Gasteiger partial charge is 0.381 e. The molecule has 7 nitrogen and oxygen atoms in total. The summed E-state index contributed by atoms with van der Waals surface area (Å²) in [6.07, 6.45) is 3.71. The molecule has 1 fully saturated rings. The standard InChI is InChI=1S/C18H22N4O3/c1-12-5-6-15(18(24)22(12)2)17(23)20-10-14-7-8-19-16(21-14)13-4-3-9-25-11-13/h5-8,13H,3-4,9-11H2,1-2H3,(H,20,23)/t13-/m1/s1. The SMILES string of the molecule is Cc1ccc(C(=O)NCc2ccnc([C@@H]3CCCOC3)n2)c(=O)n1C. The minimum Gasteiger partial charge on any atom is -0.381 e. The first-order chi connectivity index (χ1) is 12.1. The van der Waals surface area contributed by atoms with Crippen molar-refractivity contribution in [1.29, 1.82) is 0 Å². The van der Waals surface area contributed by atoms with Gasteiger partial charge in [0.2, 0.25) is 0 Å². The third kappa shape index (κ3) is 3.93. The monoisotopic (exact) mass is 342 g/mol. The van der Waals surface area contributed by atoms with Gasteiger partial charge in [-0.1, -0.05) is 0 Å². The normalized spacial score (nSPS) is 17.3. The van der Waals surface area contributed by atoms with E-state index < -0.39 is 5.91 Å². The van der Waals surface area contributed by atoms with Gasteiger partial charge in [0.05, 0.1) is 18.8 Å². The molecule has 0 radical (unpaired) electrons. The summed E-state index contributed by atoms with van der Waals surface area (Å²) in [6.45, 7) is 3.49. The van der Waals surface area contributed by atoms with Crippen LogP contribution < -0.4 is 10.9 Å². The summed E-state index contributed by atoms with van der Waals surface area (Å²) in [4.78, 5) is 33.3. The molecule has 1 aliphatic rings. The van der Waals surface area contributed by atoms with Gasteiger partial charge in [-0.15, -0.1) is 0 Å². The Morgan fingerprint density at radius 3 is 3.00 bits per heavy atom. The minimum atomic E-state index is -0.401. The van der Waals surface area contributed by atoms with Crippen LogP contribution in [-0.2, 0) is 18.3 Å². The number of pyridine rings is 1. The topological polar surface area (TPSA) is 86.1 Å². The highest BCUT2D eigenvalue weighted by Crippen LogP contribution is 2.22. The molecule has 0 unspecified atom stereocenters. The lowest BCUT2D eigenvalue weighted by Gasteiger charge is -2.20. The number of hydrogen-bond acceptors (Lipinski definition) is 5. The van der Waals surface area contributed by atoms with Gasteiger partial charge in [0.1, 0.15) is 11.4 Å². The molecule has 0 aliphatic carbocycles. The number of ether oxygens (including phenoxy) is 1. The maximum absolute atomic E-state index is 12.3. The van der Waals surface area contributed by atoms with Gasteiger partial charge >= 0.3 is 0 Å². The molecule has 1 aliphatic heterocycles. The van der Waals surface area contributed by atoms with Crippen LogP contribution >= 0.6 is 0 Å². The highest BCUT2D eigenvalue weighted by Gasteiger charge is 2.19. The Hall–Kier alpha value is -2.54. The van der Waals surface area contributed by atoms with Gasteiger partial charge in [-0.05, 0) is 38.0 Å². The molecule has 0 saturated carbocycles. The number of amides is 1. The molecule has 0 spiro atoms. The zero-order chi connectivity index (χ0) is 17.8. The van der Waals surface area contributed by atoms with Crippen molar-refractivity contribution in [2.75, 3.05) is 13.2 Å². The van der Waals surface area contributed by atoms with Crippen molar-refractivity contribution in [2.45, 2.75) is 32.2 Å². The maximum Gasteiger partial charge on any atom is 0.263 e. The Labute approximate surface area is 146 Å². The first-order valence-corrected chi connectivity index (χ1v) is 8.40. The third-order valence-electron chi connectivity index (χ3n) is 4.49. The number of nitrogens with zero attached hydrogens (tertiary/aromatic N) is 3. The number of nitrogens with one attached hydrogen (secondary N) is 1. The van der Waals surface area contributed by atoms with Gasteiger partial charge in [0.25, 0.3) is 11.5 Å². The Kier molecular flexibility index (Phi) is 5.23. The molecule has 3 heterocycles. The molecule has 132 valence electrons. The number of aryl methyl sites for hydroxylation is 1. The fourth-order valence-corrected chi connectivity index (χ4v) is 2.82. The van der Waals surface area contributed by atoms with E-state index >= 15 is 0 Å². The van der Waals surface area contributed by atoms with E-state index in [1.54, 1.807) is 31.4 Å². The van der Waals surface area contributed by atoms with E-state index in [4.69, 9.17) is 4.74 Å². The average molecular weight is 342 g/mol. The van der Waals surface area contributed by atoms with Crippen LogP contribution in [0.15, 0.2) is 29.2 Å². The molecule has 7 heteroatoms. The lowest BCUT2D eigenvalue weighted by molar-refractivity contribution is 0.0779. The first kappa shape index (κ1) is 17.3. The van der Waals surface area contributed by atoms with E-state index in [1.807, 2.05) is 6.92 Å². The molecule has 1 amide bonds. The van der Waals surface area contributed by atoms with E-state index in [0.29, 0.717) is 12.3 Å². The van der Waals surface area contributed by atoms with Crippen molar-refractivity contribution in [2.24, 2.45) is 7.05 Å². The predicted molar refractivity (Wildman–Crippen MR) is 92.4 cm³/mol. The van der Waals surface area contributed by atoms with Crippen LogP contribution in [0.3, 0.4) is 0 Å². The second-order valence-electron chi connectivity index (χ2n) is 6.26. The van der Waals surface area contributed by atoms with E-state index in [2.05, 4.69) is 15.3 Å². The molecule has 1 saturated heterocycles. The first-order valence-electron chi connectivity index (χ1n) is 8.40. The van der Waals surface area contributed by atoms with Crippen molar-refractivity contribution < 1.29 is 9.53 Å². The van der Waals surface area contributed by atoms with Crippen LogP contribution in [0.25, 0.3) is 0 Å². The van der Waals surface area contributed by atoms with Crippen LogP contribution in [0, 0.1) is 6.92 Å². The Bertz CT molecular complexity index is 825. The second-order valence-corrected chi connectivity index (χ2v) is 6.26. The summed E-state index contributed by atoms with van der Waals surface area (Å²) < 4.78 is 6.94. The zero-order valence-corrected chi connectivity index (χ0v) is 14.5. The molecular formula is C18H22N4O3. The third-order valence-corrected chi connectivity index (χ3v) is 4.49. The van der Waals surface area contributed by atoms with Gasteiger partial charge in [0, 0.05) is 31.5 Å². The summed E-state index contributed by atoms with van der Waals surface area (Å²) in [5.41, 5.74) is 1.34. The predicted octanol–water partition coefficient (Wildman–Crippen LogP) is 1.31. The van der Waals surface area contributed by atoms with Crippen molar-refractivity contribution in [3.8, 4) is 0 Å². The average Bonchev–Trinajstić information content (AvgIpc) is 2.65. The van der Waals surface area contributed by atoms with Crippen LogP contribution in [0.4, 0.5) is 0 Å². The molecule has 2 aromatic heterocycles. The van der Waals surface area contributed by atoms with Gasteiger partial charge in [-0.3, -0.25) is 9.59 Å². The summed E-state index contributed by atoms with van der Waals surface area (Å²) in [5, 5.41) is 2.76. The number of hydrogen-bond donors (Lipinski definition) is 1. The maximum atomic E-state index is 12.3. The number of aromatic nitrogens is 3. The number of carbonyl (C=O) groups excluding carboxylic acids is 1. The van der Waals surface area contributed by atoms with Gasteiger partial charge < -0.3 is 14.6 Å². The fraction of sp³-hybridized carbons (Fsp3) is 0.444. The van der Waals surface area contributed by atoms with Gasteiger partial charge in [-0.25, -0.2) is 9.97 Å². The second kappa shape index (κ2) is 7.57. The van der Waals surface area contributed by atoms with Gasteiger partial charge in [0.15, 0.2) is 0 Å². The van der Waals surface area contributed by atoms with E-state index in [9.17, 15) is 9.59 Å². The summed E-state index contributed by atoms with van der Waals surface area (Å²) in [5.74, 6) is 0.549. The molecular weight excluding hydrogens is 320 g/mol. The Morgan fingerprint density at radius 2 is 2.24 bits per heavy atom. The Morgan fingerprint density at radius 1 is 1.40 bits per heavy atom. The highest BCUT2D eigenvalue weighted by molar-refractivity contribution is 5.93. The molecule has 3 rings (SSSR count). The van der Waals surface area contributed by atoms with Crippen molar-refractivity contribution in [3.63, 3.8) is 0 Å². The lowest BCUT2D eigenvalue weighted by Crippen LogP contribution is -2.32.